The summed E-state index contributed by atoms with van der Waals surface area (Å²) in [4.78, 5) is 22.9. The quantitative estimate of drug-likeness (QED) is 0.205. The molecule has 1 aliphatic heterocycles. The summed E-state index contributed by atoms with van der Waals surface area (Å²) < 4.78 is -0.280. The maximum absolute atomic E-state index is 12.7. The van der Waals surface area contributed by atoms with Gasteiger partial charge in [0.2, 0.25) is 0 Å². The van der Waals surface area contributed by atoms with Crippen LogP contribution in [-0.4, -0.2) is 47.7 Å². The van der Waals surface area contributed by atoms with E-state index >= 15 is 0 Å². The average Bonchev–Trinajstić information content (AvgIpc) is 2.94. The number of hydroxylamine groups is 2. The van der Waals surface area contributed by atoms with Crippen LogP contribution in [0.4, 0.5) is 16.2 Å². The Hall–Kier alpha value is -2.73. The van der Waals surface area contributed by atoms with Gasteiger partial charge in [-0.25, -0.2) is 9.80 Å². The van der Waals surface area contributed by atoms with Gasteiger partial charge in [0, 0.05) is 22.8 Å². The van der Waals surface area contributed by atoms with Crippen LogP contribution >= 0.6 is 35.6 Å². The maximum Gasteiger partial charge on any atom is 0.347 e. The van der Waals surface area contributed by atoms with Gasteiger partial charge < -0.3 is 5.32 Å². The zero-order valence-corrected chi connectivity index (χ0v) is 18.8. The number of carbonyl (C=O) groups excluding carboxylic acids is 1. The summed E-state index contributed by atoms with van der Waals surface area (Å²) in [5.74, 6) is 0. The Morgan fingerprint density at radius 2 is 1.94 bits per heavy atom. The molecule has 2 N–H and O–H groups in total. The van der Waals surface area contributed by atoms with Crippen LogP contribution in [0.3, 0.4) is 0 Å². The van der Waals surface area contributed by atoms with Crippen LogP contribution in [0.25, 0.3) is 0 Å². The fourth-order valence-electron chi connectivity index (χ4n) is 2.86. The van der Waals surface area contributed by atoms with E-state index in [9.17, 15) is 20.1 Å². The molecule has 1 unspecified atom stereocenters. The molecule has 9 nitrogen and oxygen atoms in total. The summed E-state index contributed by atoms with van der Waals surface area (Å²) in [6, 6.07) is 11.4. The van der Waals surface area contributed by atoms with E-state index in [1.54, 1.807) is 30.5 Å². The second-order valence-corrected chi connectivity index (χ2v) is 9.79. The van der Waals surface area contributed by atoms with E-state index in [0.29, 0.717) is 14.4 Å². The number of hydrazone groups is 1. The number of rotatable bonds is 5. The normalized spacial score (nSPS) is 17.7. The number of thiocarbonyl (C=S) groups is 1. The number of nitrogens with one attached hydrogen (secondary N) is 1. The number of thioether (sulfide) groups is 1. The fraction of sp³-hybridized carbons (Fsp3) is 0.211. The van der Waals surface area contributed by atoms with Crippen molar-refractivity contribution in [2.45, 2.75) is 24.8 Å². The highest BCUT2D eigenvalue weighted by atomic mass is 35.5. The molecule has 0 saturated carbocycles. The predicted octanol–water partition coefficient (Wildman–Crippen LogP) is 4.94. The average molecular weight is 480 g/mol. The Morgan fingerprint density at radius 3 is 2.52 bits per heavy atom. The van der Waals surface area contributed by atoms with Crippen molar-refractivity contribution in [3.63, 3.8) is 0 Å². The van der Waals surface area contributed by atoms with Gasteiger partial charge in [-0.1, -0.05) is 47.7 Å². The highest BCUT2D eigenvalue weighted by molar-refractivity contribution is 8.24. The lowest BCUT2D eigenvalue weighted by molar-refractivity contribution is -0.384. The van der Waals surface area contributed by atoms with Crippen LogP contribution in [0.15, 0.2) is 53.6 Å². The number of anilines is 1. The van der Waals surface area contributed by atoms with E-state index in [1.165, 1.54) is 41.0 Å². The topological polar surface area (TPSA) is 111 Å². The van der Waals surface area contributed by atoms with Crippen molar-refractivity contribution in [2.75, 3.05) is 5.32 Å². The van der Waals surface area contributed by atoms with Gasteiger partial charge in [0.25, 0.3) is 5.69 Å². The second kappa shape index (κ2) is 9.18. The lowest BCUT2D eigenvalue weighted by atomic mass is 10.1. The van der Waals surface area contributed by atoms with Crippen LogP contribution in [0.5, 0.6) is 0 Å². The minimum atomic E-state index is -0.897. The highest BCUT2D eigenvalue weighted by Crippen LogP contribution is 2.42. The van der Waals surface area contributed by atoms with E-state index in [2.05, 4.69) is 10.4 Å². The number of hydrogen-bond donors (Lipinski definition) is 2. The van der Waals surface area contributed by atoms with Crippen molar-refractivity contribution in [1.29, 1.82) is 0 Å². The molecule has 0 aliphatic carbocycles. The molecular formula is C19H18ClN5O4S2. The largest absolute Gasteiger partial charge is 0.347 e. The first-order valence-corrected chi connectivity index (χ1v) is 10.5. The van der Waals surface area contributed by atoms with Crippen LogP contribution in [0.1, 0.15) is 19.4 Å². The second-order valence-electron chi connectivity index (χ2n) is 7.06. The predicted molar refractivity (Wildman–Crippen MR) is 125 cm³/mol. The lowest BCUT2D eigenvalue weighted by Crippen LogP contribution is -2.54. The summed E-state index contributed by atoms with van der Waals surface area (Å²) in [6.45, 7) is 3.66. The van der Waals surface area contributed by atoms with E-state index in [1.807, 2.05) is 13.8 Å². The van der Waals surface area contributed by atoms with Gasteiger partial charge in [-0.2, -0.15) is 10.2 Å². The zero-order chi connectivity index (χ0) is 22.8. The number of urea groups is 1. The standard InChI is InChI=1S/C19H18ClN5O4S2/c1-19(2)16(23(18(30)31-19)21-11-12-3-5-13(20)6-4-12)24(27)17(26)22-14-7-9-15(10-8-14)25(28)29/h3-11,16,27H,1-2H3,(H,22,26)/b21-11+. The number of amides is 2. The van der Waals surface area contributed by atoms with Gasteiger partial charge in [0.05, 0.1) is 15.9 Å². The molecule has 0 aromatic heterocycles. The third-order valence-corrected chi connectivity index (χ3v) is 6.15. The number of halogens is 1. The maximum atomic E-state index is 12.7. The summed E-state index contributed by atoms with van der Waals surface area (Å²) in [5, 5.41) is 30.8. The molecule has 3 rings (SSSR count). The molecule has 1 atom stereocenters. The first-order chi connectivity index (χ1) is 14.6. The minimum absolute atomic E-state index is 0.111. The Morgan fingerprint density at radius 1 is 1.32 bits per heavy atom. The Balaban J connectivity index is 1.78. The number of nitro benzene ring substituents is 1. The van der Waals surface area contributed by atoms with Gasteiger partial charge in [0.1, 0.15) is 0 Å². The molecule has 0 radical (unpaired) electrons. The van der Waals surface area contributed by atoms with E-state index in [-0.39, 0.29) is 11.4 Å². The smallest absolute Gasteiger partial charge is 0.306 e. The van der Waals surface area contributed by atoms with Crippen LogP contribution < -0.4 is 5.32 Å². The van der Waals surface area contributed by atoms with E-state index < -0.39 is 21.9 Å². The summed E-state index contributed by atoms with van der Waals surface area (Å²) in [5.41, 5.74) is 0.942. The van der Waals surface area contributed by atoms with Crippen LogP contribution in [0, 0.1) is 10.1 Å². The Labute approximate surface area is 192 Å². The zero-order valence-electron chi connectivity index (χ0n) is 16.4. The number of carbonyl (C=O) groups is 1. The van der Waals surface area contributed by atoms with Gasteiger partial charge >= 0.3 is 6.03 Å². The molecule has 1 fully saturated rings. The first kappa shape index (κ1) is 22.9. The molecule has 1 aliphatic rings. The van der Waals surface area contributed by atoms with Crippen LogP contribution in [-0.2, 0) is 0 Å². The molecule has 2 aromatic carbocycles. The molecular weight excluding hydrogens is 462 g/mol. The van der Waals surface area contributed by atoms with Crippen molar-refractivity contribution in [2.24, 2.45) is 5.10 Å². The van der Waals surface area contributed by atoms with Crippen molar-refractivity contribution in [3.05, 3.63) is 69.2 Å². The first-order valence-electron chi connectivity index (χ1n) is 8.94. The summed E-state index contributed by atoms with van der Waals surface area (Å²) in [7, 11) is 0. The van der Waals surface area contributed by atoms with Crippen molar-refractivity contribution in [3.8, 4) is 0 Å². The third-order valence-electron chi connectivity index (χ3n) is 4.36. The number of nitrogens with zero attached hydrogens (tertiary/aromatic N) is 4. The fourth-order valence-corrected chi connectivity index (χ4v) is 4.78. The van der Waals surface area contributed by atoms with Crippen molar-refractivity contribution < 1.29 is 14.9 Å². The molecule has 0 spiro atoms. The SMILES string of the molecule is CC1(C)SC(=S)N(/N=C/c2ccc(Cl)cc2)C1N(O)C(=O)Nc1ccc([N+](=O)[O-])cc1. The number of nitro groups is 1. The molecule has 162 valence electrons. The molecule has 0 bridgehead atoms. The minimum Gasteiger partial charge on any atom is -0.306 e. The molecule has 31 heavy (non-hydrogen) atoms. The van der Waals surface area contributed by atoms with Crippen molar-refractivity contribution >= 4 is 63.5 Å². The molecule has 2 amide bonds. The third kappa shape index (κ3) is 5.31. The number of hydrogen-bond acceptors (Lipinski definition) is 7. The molecule has 12 heteroatoms. The molecule has 2 aromatic rings. The van der Waals surface area contributed by atoms with Gasteiger partial charge in [-0.05, 0) is 43.7 Å². The van der Waals surface area contributed by atoms with E-state index in [0.717, 1.165) is 5.56 Å². The lowest BCUT2D eigenvalue weighted by Gasteiger charge is -2.34. The van der Waals surface area contributed by atoms with Crippen LogP contribution in [0.2, 0.25) is 5.02 Å². The highest BCUT2D eigenvalue weighted by Gasteiger charge is 2.50. The molecule has 1 heterocycles. The molecule has 1 saturated heterocycles. The number of benzene rings is 2. The Kier molecular flexibility index (Phi) is 6.80. The number of non-ortho nitro benzene ring substituents is 1. The Bertz CT molecular complexity index is 1030. The monoisotopic (exact) mass is 479 g/mol. The van der Waals surface area contributed by atoms with Gasteiger partial charge in [-0.3, -0.25) is 15.3 Å². The van der Waals surface area contributed by atoms with E-state index in [4.69, 9.17) is 23.8 Å². The summed E-state index contributed by atoms with van der Waals surface area (Å²) >= 11 is 12.6. The van der Waals surface area contributed by atoms with Gasteiger partial charge in [0.15, 0.2) is 10.5 Å². The van der Waals surface area contributed by atoms with Gasteiger partial charge in [-0.15, -0.1) is 0 Å². The van der Waals surface area contributed by atoms with Crippen molar-refractivity contribution in [1.82, 2.24) is 10.1 Å². The summed E-state index contributed by atoms with van der Waals surface area (Å²) in [6.07, 6.45) is 0.659.